The predicted molar refractivity (Wildman–Crippen MR) is 95.1 cm³/mol. The normalized spacial score (nSPS) is 10.3. The molecule has 2 rings (SSSR count). The van der Waals surface area contributed by atoms with Crippen molar-refractivity contribution in [2.45, 2.75) is 6.92 Å². The van der Waals surface area contributed by atoms with Gasteiger partial charge in [0.25, 0.3) is 0 Å². The number of para-hydroxylation sites is 1. The lowest BCUT2D eigenvalue weighted by Gasteiger charge is -2.20. The third-order valence-corrected chi connectivity index (χ3v) is 3.37. The summed E-state index contributed by atoms with van der Waals surface area (Å²) in [5.74, 6) is 2.49. The first-order valence-corrected chi connectivity index (χ1v) is 7.28. The molecular weight excluding hydrogens is 286 g/mol. The van der Waals surface area contributed by atoms with Crippen molar-refractivity contribution in [2.24, 2.45) is 0 Å². The van der Waals surface area contributed by atoms with Crippen LogP contribution in [0.2, 0.25) is 0 Å². The average Bonchev–Trinajstić information content (AvgIpc) is 2.58. The molecule has 0 spiro atoms. The molecule has 0 unspecified atom stereocenters. The molecule has 23 heavy (non-hydrogen) atoms. The van der Waals surface area contributed by atoms with Crippen LogP contribution >= 0.6 is 0 Å². The van der Waals surface area contributed by atoms with Crippen molar-refractivity contribution < 1.29 is 9.53 Å². The van der Waals surface area contributed by atoms with Crippen LogP contribution in [0.4, 0.5) is 10.5 Å². The van der Waals surface area contributed by atoms with Gasteiger partial charge in [0.2, 0.25) is 0 Å². The Bertz CT molecular complexity index is 756. The molecule has 0 fully saturated rings. The van der Waals surface area contributed by atoms with Crippen molar-refractivity contribution in [1.29, 1.82) is 0 Å². The lowest BCUT2D eigenvalue weighted by atomic mass is 10.1. The molecule has 0 heterocycles. The van der Waals surface area contributed by atoms with E-state index in [0.29, 0.717) is 0 Å². The number of hydrogen-bond acceptors (Lipinski definition) is 2. The predicted octanol–water partition coefficient (Wildman–Crippen LogP) is 4.37. The quantitative estimate of drug-likeness (QED) is 0.620. The van der Waals surface area contributed by atoms with Crippen LogP contribution in [0.3, 0.4) is 0 Å². The van der Waals surface area contributed by atoms with Gasteiger partial charge in [-0.25, -0.2) is 4.79 Å². The Morgan fingerprint density at radius 3 is 2.70 bits per heavy atom. The summed E-state index contributed by atoms with van der Waals surface area (Å²) >= 11 is 0. The van der Waals surface area contributed by atoms with Crippen LogP contribution in [0, 0.1) is 19.3 Å². The van der Waals surface area contributed by atoms with Gasteiger partial charge in [0.1, 0.15) is 0 Å². The first kappa shape index (κ1) is 16.4. The number of anilines is 1. The molecule has 0 aliphatic carbocycles. The van der Waals surface area contributed by atoms with E-state index in [4.69, 9.17) is 11.2 Å². The number of hydrogen-bond donors (Lipinski definition) is 0. The largest absolute Gasteiger partial charge is 0.452 e. The number of nitrogens with zero attached hydrogens (tertiary/aromatic N) is 1. The summed E-state index contributed by atoms with van der Waals surface area (Å²) in [6.45, 7) is 2.21. The molecular formula is C20H19NO2. The molecule has 0 N–H and O–H groups in total. The van der Waals surface area contributed by atoms with E-state index in [9.17, 15) is 4.79 Å². The topological polar surface area (TPSA) is 29.5 Å². The minimum Gasteiger partial charge on any atom is -0.452 e. The summed E-state index contributed by atoms with van der Waals surface area (Å²) < 4.78 is 4.82. The number of carbonyl (C=O) groups is 1. The van der Waals surface area contributed by atoms with Crippen molar-refractivity contribution in [1.82, 2.24) is 0 Å². The number of methoxy groups -OCH3 is 1. The SMILES string of the molecule is C#CCN(C(=O)OC)c1ccccc1C=Cc1cccc(C)c1. The number of carbonyl (C=O) groups excluding carboxylic acids is 1. The van der Waals surface area contributed by atoms with Gasteiger partial charge in [0.05, 0.1) is 19.3 Å². The third-order valence-electron chi connectivity index (χ3n) is 3.37. The van der Waals surface area contributed by atoms with Gasteiger partial charge in [-0.1, -0.05) is 66.1 Å². The minimum absolute atomic E-state index is 0.155. The molecule has 0 saturated carbocycles. The number of benzene rings is 2. The van der Waals surface area contributed by atoms with Crippen molar-refractivity contribution in [3.05, 3.63) is 65.2 Å². The Morgan fingerprint density at radius 2 is 2.00 bits per heavy atom. The molecule has 0 radical (unpaired) electrons. The standard InChI is InChI=1S/C20H19NO2/c1-4-14-21(20(22)23-3)19-11-6-5-10-18(19)13-12-17-9-7-8-16(2)15-17/h1,5-13,15H,14H2,2-3H3. The molecule has 2 aromatic rings. The van der Waals surface area contributed by atoms with Crippen LogP contribution in [0.25, 0.3) is 12.2 Å². The molecule has 0 saturated heterocycles. The number of ether oxygens (including phenoxy) is 1. The fourth-order valence-corrected chi connectivity index (χ4v) is 2.28. The van der Waals surface area contributed by atoms with E-state index in [0.717, 1.165) is 16.8 Å². The maximum absolute atomic E-state index is 12.0. The summed E-state index contributed by atoms with van der Waals surface area (Å²) in [7, 11) is 1.34. The highest BCUT2D eigenvalue weighted by atomic mass is 16.5. The van der Waals surface area contributed by atoms with E-state index in [1.807, 2.05) is 48.6 Å². The molecule has 2 aromatic carbocycles. The Balaban J connectivity index is 2.36. The highest BCUT2D eigenvalue weighted by Crippen LogP contribution is 2.23. The van der Waals surface area contributed by atoms with Crippen LogP contribution < -0.4 is 4.90 Å². The van der Waals surface area contributed by atoms with Crippen LogP contribution in [-0.4, -0.2) is 19.7 Å². The molecule has 0 atom stereocenters. The fourth-order valence-electron chi connectivity index (χ4n) is 2.28. The molecule has 0 aliphatic heterocycles. The Kier molecular flexibility index (Phi) is 5.60. The maximum atomic E-state index is 12.0. The first-order valence-electron chi connectivity index (χ1n) is 7.28. The van der Waals surface area contributed by atoms with Crippen LogP contribution in [0.5, 0.6) is 0 Å². The Hall–Kier alpha value is -2.99. The average molecular weight is 305 g/mol. The third kappa shape index (κ3) is 4.24. The molecule has 0 bridgehead atoms. The maximum Gasteiger partial charge on any atom is 0.414 e. The van der Waals surface area contributed by atoms with Crippen molar-refractivity contribution in [3.63, 3.8) is 0 Å². The van der Waals surface area contributed by atoms with Crippen molar-refractivity contribution in [2.75, 3.05) is 18.6 Å². The second-order valence-corrected chi connectivity index (χ2v) is 5.07. The van der Waals surface area contributed by atoms with E-state index in [-0.39, 0.29) is 6.54 Å². The second-order valence-electron chi connectivity index (χ2n) is 5.07. The monoisotopic (exact) mass is 305 g/mol. The van der Waals surface area contributed by atoms with Crippen LogP contribution in [0.1, 0.15) is 16.7 Å². The minimum atomic E-state index is -0.473. The van der Waals surface area contributed by atoms with E-state index < -0.39 is 6.09 Å². The summed E-state index contributed by atoms with van der Waals surface area (Å²) in [6.07, 6.45) is 8.88. The summed E-state index contributed by atoms with van der Waals surface area (Å²) in [4.78, 5) is 13.4. The fraction of sp³-hybridized carbons (Fsp3) is 0.150. The highest BCUT2D eigenvalue weighted by Gasteiger charge is 2.16. The second kappa shape index (κ2) is 7.86. The number of aryl methyl sites for hydroxylation is 1. The van der Waals surface area contributed by atoms with E-state index >= 15 is 0 Å². The molecule has 1 amide bonds. The van der Waals surface area contributed by atoms with Gasteiger partial charge >= 0.3 is 6.09 Å². The zero-order chi connectivity index (χ0) is 16.7. The lowest BCUT2D eigenvalue weighted by molar-refractivity contribution is 0.179. The number of rotatable bonds is 4. The Labute approximate surface area is 137 Å². The van der Waals surface area contributed by atoms with Gasteiger partial charge in [-0.2, -0.15) is 0 Å². The number of terminal acetylenes is 1. The molecule has 0 aliphatic rings. The van der Waals surface area contributed by atoms with Crippen LogP contribution in [-0.2, 0) is 4.74 Å². The summed E-state index contributed by atoms with van der Waals surface area (Å²) in [5, 5.41) is 0. The molecule has 3 heteroatoms. The van der Waals surface area contributed by atoms with E-state index in [1.165, 1.54) is 17.6 Å². The zero-order valence-electron chi connectivity index (χ0n) is 13.3. The Morgan fingerprint density at radius 1 is 1.22 bits per heavy atom. The van der Waals surface area contributed by atoms with Gasteiger partial charge < -0.3 is 4.74 Å². The van der Waals surface area contributed by atoms with Gasteiger partial charge in [-0.3, -0.25) is 4.90 Å². The summed E-state index contributed by atoms with van der Waals surface area (Å²) in [6, 6.07) is 15.8. The van der Waals surface area contributed by atoms with Gasteiger partial charge in [-0.05, 0) is 24.1 Å². The van der Waals surface area contributed by atoms with E-state index in [1.54, 1.807) is 0 Å². The van der Waals surface area contributed by atoms with Crippen molar-refractivity contribution >= 4 is 23.9 Å². The van der Waals surface area contributed by atoms with Gasteiger partial charge in [0, 0.05) is 0 Å². The van der Waals surface area contributed by atoms with Gasteiger partial charge in [-0.15, -0.1) is 6.42 Å². The van der Waals surface area contributed by atoms with Crippen molar-refractivity contribution in [3.8, 4) is 12.3 Å². The zero-order valence-corrected chi connectivity index (χ0v) is 13.3. The molecule has 3 nitrogen and oxygen atoms in total. The smallest absolute Gasteiger partial charge is 0.414 e. The number of amides is 1. The van der Waals surface area contributed by atoms with E-state index in [2.05, 4.69) is 25.0 Å². The van der Waals surface area contributed by atoms with Crippen LogP contribution in [0.15, 0.2) is 48.5 Å². The molecule has 116 valence electrons. The summed E-state index contributed by atoms with van der Waals surface area (Å²) in [5.41, 5.74) is 3.92. The molecule has 0 aromatic heterocycles. The lowest BCUT2D eigenvalue weighted by Crippen LogP contribution is -2.31. The highest BCUT2D eigenvalue weighted by molar-refractivity contribution is 5.92. The first-order chi connectivity index (χ1) is 11.2. The van der Waals surface area contributed by atoms with Gasteiger partial charge in [0.15, 0.2) is 0 Å².